The zero-order valence-electron chi connectivity index (χ0n) is 16.6. The largest absolute Gasteiger partial charge is 0.380 e. The van der Waals surface area contributed by atoms with Crippen LogP contribution in [0.2, 0.25) is 0 Å². The molecule has 1 aromatic rings. The van der Waals surface area contributed by atoms with E-state index in [1.54, 1.807) is 6.92 Å². The molecule has 0 aliphatic carbocycles. The molecule has 2 aliphatic rings. The number of carbonyl (C=O) groups excluding carboxylic acids is 1. The molecule has 1 amide bonds. The summed E-state index contributed by atoms with van der Waals surface area (Å²) >= 11 is 0.878. The maximum atomic E-state index is 14.3. The third-order valence-corrected chi connectivity index (χ3v) is 6.10. The summed E-state index contributed by atoms with van der Waals surface area (Å²) in [7, 11) is 0. The van der Waals surface area contributed by atoms with Crippen LogP contribution >= 0.6 is 11.9 Å². The normalized spacial score (nSPS) is 23.3. The predicted molar refractivity (Wildman–Crippen MR) is 108 cm³/mol. The van der Waals surface area contributed by atoms with E-state index in [0.29, 0.717) is 45.6 Å². The van der Waals surface area contributed by atoms with Gasteiger partial charge in [-0.15, -0.1) is 0 Å². The van der Waals surface area contributed by atoms with Crippen LogP contribution in [0.15, 0.2) is 17.0 Å². The van der Waals surface area contributed by atoms with Crippen molar-refractivity contribution in [2.75, 3.05) is 38.1 Å². The van der Waals surface area contributed by atoms with Crippen molar-refractivity contribution in [3.8, 4) is 0 Å². The molecule has 0 saturated carbocycles. The van der Waals surface area contributed by atoms with Crippen LogP contribution in [0.4, 0.5) is 18.9 Å². The highest BCUT2D eigenvalue weighted by Gasteiger charge is 2.35. The van der Waals surface area contributed by atoms with Crippen LogP contribution in [-0.2, 0) is 9.53 Å². The third kappa shape index (κ3) is 6.02. The highest BCUT2D eigenvalue weighted by Crippen LogP contribution is 2.28. The molecule has 162 valence electrons. The van der Waals surface area contributed by atoms with Crippen molar-refractivity contribution in [1.29, 1.82) is 0 Å². The quantitative estimate of drug-likeness (QED) is 0.483. The van der Waals surface area contributed by atoms with Gasteiger partial charge in [0.05, 0.1) is 0 Å². The fourth-order valence-corrected chi connectivity index (χ4v) is 4.24. The first-order valence-corrected chi connectivity index (χ1v) is 10.9. The first kappa shape index (κ1) is 22.2. The highest BCUT2D eigenvalue weighted by molar-refractivity contribution is 7.98. The van der Waals surface area contributed by atoms with Crippen molar-refractivity contribution in [2.24, 2.45) is 0 Å². The van der Waals surface area contributed by atoms with Crippen LogP contribution in [0.5, 0.6) is 0 Å². The Labute approximate surface area is 173 Å². The summed E-state index contributed by atoms with van der Waals surface area (Å²) in [6.45, 7) is 4.23. The van der Waals surface area contributed by atoms with E-state index >= 15 is 0 Å². The average Bonchev–Trinajstić information content (AvgIpc) is 2.88. The van der Waals surface area contributed by atoms with Crippen molar-refractivity contribution >= 4 is 23.5 Å². The van der Waals surface area contributed by atoms with Gasteiger partial charge in [-0.2, -0.15) is 0 Å². The van der Waals surface area contributed by atoms with Gasteiger partial charge in [0, 0.05) is 37.7 Å². The molecule has 5 nitrogen and oxygen atoms in total. The van der Waals surface area contributed by atoms with Crippen LogP contribution in [0.25, 0.3) is 0 Å². The second-order valence-corrected chi connectivity index (χ2v) is 8.70. The van der Waals surface area contributed by atoms with Crippen LogP contribution < -0.4 is 10.0 Å². The molecule has 9 heteroatoms. The topological polar surface area (TPSA) is 53.6 Å². The van der Waals surface area contributed by atoms with Gasteiger partial charge in [0.2, 0.25) is 0 Å². The molecule has 2 heterocycles. The molecular formula is C20H28F3N3O2S. The van der Waals surface area contributed by atoms with E-state index in [2.05, 4.69) is 10.0 Å². The molecule has 0 aromatic heterocycles. The van der Waals surface area contributed by atoms with E-state index in [1.807, 2.05) is 4.90 Å². The molecule has 1 unspecified atom stereocenters. The number of nitrogens with zero attached hydrogens (tertiary/aromatic N) is 1. The van der Waals surface area contributed by atoms with Crippen LogP contribution in [0.1, 0.15) is 39.0 Å². The summed E-state index contributed by atoms with van der Waals surface area (Å²) in [5, 5.41) is 2.77. The Morgan fingerprint density at radius 1 is 1.28 bits per heavy atom. The molecule has 1 atom stereocenters. The standard InChI is InChI=1S/C20H28F3N3O2S/c1-20(6-3-2-4-9-28-20)19(27)25-29-15-10-16(22)18(17(23)11-15)24-7-5-8-26-12-14(21)13-26/h10-11,14,24H,2-9,12-13H2,1H3,(H,25,27). The summed E-state index contributed by atoms with van der Waals surface area (Å²) in [5.41, 5.74) is -1.10. The summed E-state index contributed by atoms with van der Waals surface area (Å²) in [4.78, 5) is 14.7. The van der Waals surface area contributed by atoms with Crippen LogP contribution in [0.3, 0.4) is 0 Å². The Balaban J connectivity index is 1.48. The van der Waals surface area contributed by atoms with Crippen LogP contribution in [0, 0.1) is 11.6 Å². The number of ether oxygens (including phenoxy) is 1. The van der Waals surface area contributed by atoms with Gasteiger partial charge < -0.3 is 10.1 Å². The Bertz CT molecular complexity index is 685. The minimum absolute atomic E-state index is 0.188. The van der Waals surface area contributed by atoms with Crippen molar-refractivity contribution in [1.82, 2.24) is 9.62 Å². The fraction of sp³-hybridized carbons (Fsp3) is 0.650. The Kier molecular flexibility index (Phi) is 7.70. The number of carbonyl (C=O) groups is 1. The second-order valence-electron chi connectivity index (χ2n) is 7.82. The summed E-state index contributed by atoms with van der Waals surface area (Å²) in [5.74, 6) is -1.73. The number of likely N-dealkylation sites (tertiary alicyclic amines) is 1. The molecule has 2 fully saturated rings. The molecule has 1 aromatic carbocycles. The van der Waals surface area contributed by atoms with Gasteiger partial charge >= 0.3 is 0 Å². The molecule has 2 saturated heterocycles. The third-order valence-electron chi connectivity index (χ3n) is 5.34. The monoisotopic (exact) mass is 431 g/mol. The molecule has 0 radical (unpaired) electrons. The smallest absolute Gasteiger partial charge is 0.262 e. The number of anilines is 1. The fourth-order valence-electron chi connectivity index (χ4n) is 3.49. The van der Waals surface area contributed by atoms with Crippen LogP contribution in [-0.4, -0.2) is 55.4 Å². The lowest BCUT2D eigenvalue weighted by Gasteiger charge is -2.34. The molecule has 0 bridgehead atoms. The Hall–Kier alpha value is -1.45. The van der Waals surface area contributed by atoms with E-state index in [-0.39, 0.29) is 16.5 Å². The Morgan fingerprint density at radius 3 is 2.69 bits per heavy atom. The van der Waals surface area contributed by atoms with E-state index in [1.165, 1.54) is 12.1 Å². The number of nitrogens with one attached hydrogen (secondary N) is 2. The Morgan fingerprint density at radius 2 is 2.00 bits per heavy atom. The SMILES string of the molecule is CC1(C(=O)NSc2cc(F)c(NCCCN3CC(F)C3)c(F)c2)CCCCCO1. The van der Waals surface area contributed by atoms with Gasteiger partial charge in [0.25, 0.3) is 5.91 Å². The number of amides is 1. The molecule has 29 heavy (non-hydrogen) atoms. The lowest BCUT2D eigenvalue weighted by atomic mass is 9.99. The molecular weight excluding hydrogens is 403 g/mol. The van der Waals surface area contributed by atoms with Crippen molar-refractivity contribution in [3.63, 3.8) is 0 Å². The maximum absolute atomic E-state index is 14.3. The van der Waals surface area contributed by atoms with E-state index in [9.17, 15) is 18.0 Å². The number of alkyl halides is 1. The molecule has 2 aliphatic heterocycles. The summed E-state index contributed by atoms with van der Waals surface area (Å²) in [6, 6.07) is 2.38. The van der Waals surface area contributed by atoms with Gasteiger partial charge in [-0.05, 0) is 56.7 Å². The minimum Gasteiger partial charge on any atom is -0.380 e. The first-order valence-electron chi connectivity index (χ1n) is 10.1. The van der Waals surface area contributed by atoms with E-state index in [4.69, 9.17) is 4.74 Å². The molecule has 2 N–H and O–H groups in total. The second kappa shape index (κ2) is 10.0. The van der Waals surface area contributed by atoms with E-state index in [0.717, 1.165) is 31.2 Å². The first-order chi connectivity index (χ1) is 13.9. The summed E-state index contributed by atoms with van der Waals surface area (Å²) < 4.78 is 49.7. The zero-order chi connectivity index (χ0) is 20.9. The maximum Gasteiger partial charge on any atom is 0.262 e. The van der Waals surface area contributed by atoms with Gasteiger partial charge in [0.1, 0.15) is 29.1 Å². The van der Waals surface area contributed by atoms with Crippen molar-refractivity contribution < 1.29 is 22.7 Å². The predicted octanol–water partition coefficient (Wildman–Crippen LogP) is 3.89. The lowest BCUT2D eigenvalue weighted by Crippen LogP contribution is -2.48. The van der Waals surface area contributed by atoms with Gasteiger partial charge in [0.15, 0.2) is 0 Å². The van der Waals surface area contributed by atoms with E-state index < -0.39 is 23.4 Å². The van der Waals surface area contributed by atoms with Gasteiger partial charge in [-0.25, -0.2) is 13.2 Å². The highest BCUT2D eigenvalue weighted by atomic mass is 32.2. The van der Waals surface area contributed by atoms with Gasteiger partial charge in [-0.1, -0.05) is 6.42 Å². The zero-order valence-corrected chi connectivity index (χ0v) is 17.4. The number of benzene rings is 1. The number of rotatable bonds is 8. The lowest BCUT2D eigenvalue weighted by molar-refractivity contribution is -0.142. The van der Waals surface area contributed by atoms with Crippen molar-refractivity contribution in [2.45, 2.75) is 55.7 Å². The van der Waals surface area contributed by atoms with Crippen molar-refractivity contribution in [3.05, 3.63) is 23.8 Å². The average molecular weight is 432 g/mol. The number of halogens is 3. The van der Waals surface area contributed by atoms with Gasteiger partial charge in [-0.3, -0.25) is 14.4 Å². The molecule has 0 spiro atoms. The minimum atomic E-state index is -0.916. The summed E-state index contributed by atoms with van der Waals surface area (Å²) in [6.07, 6.45) is 3.39. The number of hydrogen-bond acceptors (Lipinski definition) is 5. The number of hydrogen-bond donors (Lipinski definition) is 2. The molecule has 3 rings (SSSR count).